The quantitative estimate of drug-likeness (QED) is 0.845. The van der Waals surface area contributed by atoms with Crippen molar-refractivity contribution in [2.24, 2.45) is 5.73 Å². The van der Waals surface area contributed by atoms with Gasteiger partial charge >= 0.3 is 0 Å². The van der Waals surface area contributed by atoms with Crippen LogP contribution in [-0.2, 0) is 6.54 Å². The van der Waals surface area contributed by atoms with E-state index in [9.17, 15) is 4.39 Å². The highest BCUT2D eigenvalue weighted by Crippen LogP contribution is 2.36. The lowest BCUT2D eigenvalue weighted by atomic mass is 10.2. The van der Waals surface area contributed by atoms with E-state index in [0.717, 1.165) is 10.5 Å². The maximum absolute atomic E-state index is 13.4. The van der Waals surface area contributed by atoms with Crippen molar-refractivity contribution in [1.82, 2.24) is 0 Å². The van der Waals surface area contributed by atoms with Crippen molar-refractivity contribution in [1.29, 1.82) is 0 Å². The Bertz CT molecular complexity index is 575. The van der Waals surface area contributed by atoms with Gasteiger partial charge in [-0.15, -0.1) is 0 Å². The van der Waals surface area contributed by atoms with E-state index in [4.69, 9.17) is 23.1 Å². The second-order valence-electron chi connectivity index (χ2n) is 3.72. The van der Waals surface area contributed by atoms with E-state index in [-0.39, 0.29) is 5.02 Å². The number of nitrogen functional groups attached to an aromatic ring is 1. The summed E-state index contributed by atoms with van der Waals surface area (Å²) in [5, 5.41) is 0.0314. The summed E-state index contributed by atoms with van der Waals surface area (Å²) in [5.74, 6) is -0.474. The zero-order valence-corrected chi connectivity index (χ0v) is 11.1. The summed E-state index contributed by atoms with van der Waals surface area (Å²) in [5.41, 5.74) is 12.9. The Morgan fingerprint density at radius 2 is 1.89 bits per heavy atom. The molecule has 0 aliphatic rings. The average Bonchev–Trinajstić information content (AvgIpc) is 2.36. The highest BCUT2D eigenvalue weighted by atomic mass is 35.5. The van der Waals surface area contributed by atoms with Gasteiger partial charge in [-0.2, -0.15) is 0 Å². The fourth-order valence-corrected chi connectivity index (χ4v) is 2.70. The van der Waals surface area contributed by atoms with E-state index < -0.39 is 5.82 Å². The summed E-state index contributed by atoms with van der Waals surface area (Å²) >= 11 is 7.05. The summed E-state index contributed by atoms with van der Waals surface area (Å²) in [4.78, 5) is 1.60. The molecule has 0 aromatic heterocycles. The van der Waals surface area contributed by atoms with Crippen LogP contribution in [0.4, 0.5) is 10.1 Å². The Morgan fingerprint density at radius 1 is 1.17 bits per heavy atom. The van der Waals surface area contributed by atoms with Crippen LogP contribution in [0.1, 0.15) is 5.56 Å². The molecule has 2 aromatic rings. The second-order valence-corrected chi connectivity index (χ2v) is 5.21. The van der Waals surface area contributed by atoms with Crippen LogP contribution in [-0.4, -0.2) is 0 Å². The van der Waals surface area contributed by atoms with E-state index in [1.807, 2.05) is 24.3 Å². The maximum atomic E-state index is 13.4. The second kappa shape index (κ2) is 5.61. The van der Waals surface area contributed by atoms with Gasteiger partial charge < -0.3 is 11.5 Å². The Labute approximate surface area is 114 Å². The molecule has 18 heavy (non-hydrogen) atoms. The van der Waals surface area contributed by atoms with Crippen LogP contribution in [0, 0.1) is 5.82 Å². The van der Waals surface area contributed by atoms with Crippen molar-refractivity contribution < 1.29 is 4.39 Å². The van der Waals surface area contributed by atoms with Crippen LogP contribution in [0.3, 0.4) is 0 Å². The molecule has 0 radical (unpaired) electrons. The van der Waals surface area contributed by atoms with Gasteiger partial charge in [-0.3, -0.25) is 0 Å². The third-order valence-electron chi connectivity index (χ3n) is 2.47. The largest absolute Gasteiger partial charge is 0.398 e. The third-order valence-corrected chi connectivity index (χ3v) is 3.95. The molecule has 0 unspecified atom stereocenters. The topological polar surface area (TPSA) is 52.0 Å². The molecule has 0 fully saturated rings. The predicted octanol–water partition coefficient (Wildman–Crippen LogP) is 3.67. The molecule has 0 saturated heterocycles. The molecule has 2 rings (SSSR count). The van der Waals surface area contributed by atoms with Crippen molar-refractivity contribution in [3.8, 4) is 0 Å². The van der Waals surface area contributed by atoms with Gasteiger partial charge in [0.15, 0.2) is 0 Å². The number of nitrogens with two attached hydrogens (primary N) is 2. The summed E-state index contributed by atoms with van der Waals surface area (Å²) in [6.45, 7) is 0.430. The van der Waals surface area contributed by atoms with Crippen molar-refractivity contribution >= 4 is 29.1 Å². The number of rotatable bonds is 3. The van der Waals surface area contributed by atoms with Crippen LogP contribution < -0.4 is 11.5 Å². The molecule has 0 bridgehead atoms. The first-order chi connectivity index (χ1) is 8.61. The van der Waals surface area contributed by atoms with Crippen molar-refractivity contribution in [2.45, 2.75) is 16.3 Å². The third kappa shape index (κ3) is 2.77. The zero-order chi connectivity index (χ0) is 13.1. The minimum absolute atomic E-state index is 0.0314. The maximum Gasteiger partial charge on any atom is 0.143 e. The van der Waals surface area contributed by atoms with Crippen LogP contribution in [0.5, 0.6) is 0 Å². The SMILES string of the molecule is NCc1ccccc1Sc1cc(F)c(Cl)cc1N. The first kappa shape index (κ1) is 13.2. The Hall–Kier alpha value is -1.23. The smallest absolute Gasteiger partial charge is 0.143 e. The van der Waals surface area contributed by atoms with E-state index in [1.165, 1.54) is 23.9 Å². The van der Waals surface area contributed by atoms with Gasteiger partial charge in [0.2, 0.25) is 0 Å². The standard InChI is InChI=1S/C13H12ClFN2S/c14-9-5-11(17)13(6-10(9)15)18-12-4-2-1-3-8(12)7-16/h1-6H,7,16-17H2. The van der Waals surface area contributed by atoms with Crippen molar-refractivity contribution in [3.63, 3.8) is 0 Å². The number of anilines is 1. The molecule has 2 nitrogen and oxygen atoms in total. The number of hydrogen-bond acceptors (Lipinski definition) is 3. The fraction of sp³-hybridized carbons (Fsp3) is 0.0769. The van der Waals surface area contributed by atoms with Gasteiger partial charge in [0.05, 0.1) is 5.02 Å². The number of hydrogen-bond donors (Lipinski definition) is 2. The molecule has 0 heterocycles. The van der Waals surface area contributed by atoms with Gasteiger partial charge in [0, 0.05) is 22.0 Å². The fourth-order valence-electron chi connectivity index (χ4n) is 1.52. The lowest BCUT2D eigenvalue weighted by Gasteiger charge is -2.09. The van der Waals surface area contributed by atoms with Crippen LogP contribution in [0.15, 0.2) is 46.2 Å². The van der Waals surface area contributed by atoms with Crippen LogP contribution >= 0.6 is 23.4 Å². The van der Waals surface area contributed by atoms with Gasteiger partial charge in [0.1, 0.15) is 5.82 Å². The van der Waals surface area contributed by atoms with Gasteiger partial charge in [0.25, 0.3) is 0 Å². The van der Waals surface area contributed by atoms with E-state index in [2.05, 4.69) is 0 Å². The molecule has 0 amide bonds. The zero-order valence-electron chi connectivity index (χ0n) is 9.49. The molecule has 2 aromatic carbocycles. The Morgan fingerprint density at radius 3 is 2.61 bits per heavy atom. The summed E-state index contributed by atoms with van der Waals surface area (Å²) in [6, 6.07) is 10.4. The van der Waals surface area contributed by atoms with E-state index >= 15 is 0 Å². The molecule has 0 aliphatic heterocycles. The van der Waals surface area contributed by atoms with Gasteiger partial charge in [-0.25, -0.2) is 4.39 Å². The summed E-state index contributed by atoms with van der Waals surface area (Å²) in [7, 11) is 0. The molecule has 0 aliphatic carbocycles. The minimum atomic E-state index is -0.474. The number of halogens is 2. The summed E-state index contributed by atoms with van der Waals surface area (Å²) in [6.07, 6.45) is 0. The van der Waals surface area contributed by atoms with Crippen LogP contribution in [0.2, 0.25) is 5.02 Å². The Balaban J connectivity index is 2.37. The van der Waals surface area contributed by atoms with Gasteiger partial charge in [-0.05, 0) is 23.8 Å². The minimum Gasteiger partial charge on any atom is -0.398 e. The molecule has 4 N–H and O–H groups in total. The summed E-state index contributed by atoms with van der Waals surface area (Å²) < 4.78 is 13.4. The van der Waals surface area contributed by atoms with E-state index in [1.54, 1.807) is 0 Å². The lowest BCUT2D eigenvalue weighted by molar-refractivity contribution is 0.625. The predicted molar refractivity (Wildman–Crippen MR) is 74.3 cm³/mol. The number of benzene rings is 2. The lowest BCUT2D eigenvalue weighted by Crippen LogP contribution is -1.98. The molecular weight excluding hydrogens is 271 g/mol. The average molecular weight is 283 g/mol. The molecule has 0 spiro atoms. The first-order valence-electron chi connectivity index (χ1n) is 5.32. The molecule has 0 saturated carbocycles. The highest BCUT2D eigenvalue weighted by molar-refractivity contribution is 7.99. The highest BCUT2D eigenvalue weighted by Gasteiger charge is 2.09. The molecule has 5 heteroatoms. The molecule has 0 atom stereocenters. The monoisotopic (exact) mass is 282 g/mol. The van der Waals surface area contributed by atoms with Crippen molar-refractivity contribution in [2.75, 3.05) is 5.73 Å². The molecular formula is C13H12ClFN2S. The van der Waals surface area contributed by atoms with Crippen molar-refractivity contribution in [3.05, 3.63) is 52.8 Å². The van der Waals surface area contributed by atoms with Gasteiger partial charge in [-0.1, -0.05) is 41.6 Å². The first-order valence-corrected chi connectivity index (χ1v) is 6.51. The van der Waals surface area contributed by atoms with Crippen LogP contribution in [0.25, 0.3) is 0 Å². The Kier molecular flexibility index (Phi) is 4.11. The molecule has 94 valence electrons. The normalized spacial score (nSPS) is 10.6. The van der Waals surface area contributed by atoms with E-state index in [0.29, 0.717) is 17.1 Å².